The summed E-state index contributed by atoms with van der Waals surface area (Å²) in [5.74, 6) is 0.0601. The standard InChI is InChI=1S/C15H24N2O.ClH/c1-3-8-14(16)15(18)17(2)12-7-11-13-9-5-4-6-10-13;/h4-6,9-10,14H,3,7-8,11-12,16H2,1-2H3;1H. The summed E-state index contributed by atoms with van der Waals surface area (Å²) >= 11 is 0. The van der Waals surface area contributed by atoms with E-state index in [0.717, 1.165) is 32.2 Å². The van der Waals surface area contributed by atoms with Crippen molar-refractivity contribution in [3.63, 3.8) is 0 Å². The summed E-state index contributed by atoms with van der Waals surface area (Å²) in [4.78, 5) is 13.6. The third kappa shape index (κ3) is 6.60. The Kier molecular flexibility index (Phi) is 9.27. The molecule has 1 atom stereocenters. The van der Waals surface area contributed by atoms with Crippen molar-refractivity contribution >= 4 is 18.3 Å². The fourth-order valence-electron chi connectivity index (χ4n) is 1.99. The molecule has 0 bridgehead atoms. The van der Waals surface area contributed by atoms with Crippen LogP contribution in [0.1, 0.15) is 31.7 Å². The molecular formula is C15H25ClN2O. The van der Waals surface area contributed by atoms with E-state index < -0.39 is 0 Å². The maximum Gasteiger partial charge on any atom is 0.239 e. The number of hydrogen-bond acceptors (Lipinski definition) is 2. The van der Waals surface area contributed by atoms with E-state index in [4.69, 9.17) is 5.73 Å². The number of amides is 1. The highest BCUT2D eigenvalue weighted by atomic mass is 35.5. The predicted octanol–water partition coefficient (Wildman–Crippen LogP) is 2.63. The molecule has 1 aromatic carbocycles. The highest BCUT2D eigenvalue weighted by Gasteiger charge is 2.16. The number of nitrogens with two attached hydrogens (primary N) is 1. The predicted molar refractivity (Wildman–Crippen MR) is 82.5 cm³/mol. The number of halogens is 1. The van der Waals surface area contributed by atoms with Crippen molar-refractivity contribution in [1.82, 2.24) is 4.90 Å². The first kappa shape index (κ1) is 17.9. The number of carbonyl (C=O) groups excluding carboxylic acids is 1. The molecule has 0 spiro atoms. The first-order valence-electron chi connectivity index (χ1n) is 6.69. The van der Waals surface area contributed by atoms with Crippen molar-refractivity contribution in [2.45, 2.75) is 38.6 Å². The summed E-state index contributed by atoms with van der Waals surface area (Å²) in [6.45, 7) is 2.81. The van der Waals surface area contributed by atoms with Gasteiger partial charge in [-0.3, -0.25) is 4.79 Å². The molecular weight excluding hydrogens is 260 g/mol. The van der Waals surface area contributed by atoms with Crippen LogP contribution in [0.3, 0.4) is 0 Å². The zero-order chi connectivity index (χ0) is 13.4. The van der Waals surface area contributed by atoms with Gasteiger partial charge in [-0.15, -0.1) is 12.4 Å². The highest BCUT2D eigenvalue weighted by molar-refractivity contribution is 5.85. The van der Waals surface area contributed by atoms with Crippen molar-refractivity contribution in [3.8, 4) is 0 Å². The van der Waals surface area contributed by atoms with E-state index in [0.29, 0.717) is 0 Å². The second-order valence-electron chi connectivity index (χ2n) is 4.74. The monoisotopic (exact) mass is 284 g/mol. The molecule has 0 radical (unpaired) electrons. The van der Waals surface area contributed by atoms with E-state index in [1.165, 1.54) is 5.56 Å². The largest absolute Gasteiger partial charge is 0.344 e. The van der Waals surface area contributed by atoms with Crippen LogP contribution < -0.4 is 5.73 Å². The molecule has 1 amide bonds. The van der Waals surface area contributed by atoms with Gasteiger partial charge in [0.25, 0.3) is 0 Å². The smallest absolute Gasteiger partial charge is 0.239 e. The van der Waals surface area contributed by atoms with Crippen LogP contribution in [0.4, 0.5) is 0 Å². The van der Waals surface area contributed by atoms with Crippen LogP contribution in [0.15, 0.2) is 30.3 Å². The first-order valence-corrected chi connectivity index (χ1v) is 6.69. The van der Waals surface area contributed by atoms with E-state index in [9.17, 15) is 4.79 Å². The minimum absolute atomic E-state index is 0. The Bertz CT molecular complexity index is 356. The fraction of sp³-hybridized carbons (Fsp3) is 0.533. The quantitative estimate of drug-likeness (QED) is 0.837. The molecule has 0 saturated carbocycles. The Morgan fingerprint density at radius 3 is 2.53 bits per heavy atom. The second-order valence-corrected chi connectivity index (χ2v) is 4.74. The van der Waals surface area contributed by atoms with Gasteiger partial charge in [-0.25, -0.2) is 0 Å². The Balaban J connectivity index is 0.00000324. The van der Waals surface area contributed by atoms with Gasteiger partial charge in [0.1, 0.15) is 0 Å². The molecule has 19 heavy (non-hydrogen) atoms. The zero-order valence-corrected chi connectivity index (χ0v) is 12.7. The molecule has 0 aliphatic heterocycles. The van der Waals surface area contributed by atoms with E-state index in [2.05, 4.69) is 12.1 Å². The average Bonchev–Trinajstić information content (AvgIpc) is 2.39. The molecule has 0 heterocycles. The van der Waals surface area contributed by atoms with Gasteiger partial charge in [0, 0.05) is 13.6 Å². The molecule has 0 saturated heterocycles. The topological polar surface area (TPSA) is 46.3 Å². The lowest BCUT2D eigenvalue weighted by Crippen LogP contribution is -2.42. The number of carbonyl (C=O) groups is 1. The summed E-state index contributed by atoms with van der Waals surface area (Å²) in [5, 5.41) is 0. The van der Waals surface area contributed by atoms with Gasteiger partial charge in [-0.05, 0) is 24.8 Å². The van der Waals surface area contributed by atoms with Crippen LogP contribution in [0.25, 0.3) is 0 Å². The maximum absolute atomic E-state index is 11.9. The van der Waals surface area contributed by atoms with Crippen molar-refractivity contribution in [1.29, 1.82) is 0 Å². The van der Waals surface area contributed by atoms with Crippen LogP contribution in [0.5, 0.6) is 0 Å². The second kappa shape index (κ2) is 9.82. The number of likely N-dealkylation sites (N-methyl/N-ethyl adjacent to an activating group) is 1. The van der Waals surface area contributed by atoms with Gasteiger partial charge >= 0.3 is 0 Å². The number of hydrogen-bond donors (Lipinski definition) is 1. The van der Waals surface area contributed by atoms with Gasteiger partial charge in [0.05, 0.1) is 6.04 Å². The molecule has 2 N–H and O–H groups in total. The van der Waals surface area contributed by atoms with Crippen molar-refractivity contribution in [3.05, 3.63) is 35.9 Å². The highest BCUT2D eigenvalue weighted by Crippen LogP contribution is 2.04. The van der Waals surface area contributed by atoms with E-state index in [1.807, 2.05) is 32.2 Å². The Labute approximate surface area is 122 Å². The Morgan fingerprint density at radius 2 is 1.95 bits per heavy atom. The maximum atomic E-state index is 11.9. The minimum atomic E-state index is -0.336. The van der Waals surface area contributed by atoms with Crippen molar-refractivity contribution < 1.29 is 4.79 Å². The lowest BCUT2D eigenvalue weighted by Gasteiger charge is -2.21. The summed E-state index contributed by atoms with van der Waals surface area (Å²) in [5.41, 5.74) is 7.14. The van der Waals surface area contributed by atoms with Crippen LogP contribution in [0, 0.1) is 0 Å². The number of nitrogens with zero attached hydrogens (tertiary/aromatic N) is 1. The molecule has 1 rings (SSSR count). The zero-order valence-electron chi connectivity index (χ0n) is 11.8. The summed E-state index contributed by atoms with van der Waals surface area (Å²) < 4.78 is 0. The molecule has 0 aliphatic rings. The van der Waals surface area contributed by atoms with Crippen LogP contribution in [0.2, 0.25) is 0 Å². The van der Waals surface area contributed by atoms with Gasteiger partial charge in [0.2, 0.25) is 5.91 Å². The molecule has 4 heteroatoms. The molecule has 0 aromatic heterocycles. The average molecular weight is 285 g/mol. The van der Waals surface area contributed by atoms with E-state index in [-0.39, 0.29) is 24.4 Å². The van der Waals surface area contributed by atoms with E-state index in [1.54, 1.807) is 4.90 Å². The Morgan fingerprint density at radius 1 is 1.32 bits per heavy atom. The van der Waals surface area contributed by atoms with Crippen molar-refractivity contribution in [2.75, 3.05) is 13.6 Å². The fourth-order valence-corrected chi connectivity index (χ4v) is 1.99. The lowest BCUT2D eigenvalue weighted by molar-refractivity contribution is -0.131. The van der Waals surface area contributed by atoms with E-state index >= 15 is 0 Å². The van der Waals surface area contributed by atoms with Crippen LogP contribution in [-0.4, -0.2) is 30.4 Å². The van der Waals surface area contributed by atoms with Gasteiger partial charge in [-0.2, -0.15) is 0 Å². The third-order valence-corrected chi connectivity index (χ3v) is 3.09. The minimum Gasteiger partial charge on any atom is -0.344 e. The van der Waals surface area contributed by atoms with Crippen molar-refractivity contribution in [2.24, 2.45) is 5.73 Å². The normalized spacial score (nSPS) is 11.5. The summed E-state index contributed by atoms with van der Waals surface area (Å²) in [7, 11) is 1.84. The first-order chi connectivity index (χ1) is 8.65. The molecule has 0 fully saturated rings. The third-order valence-electron chi connectivity index (χ3n) is 3.09. The van der Waals surface area contributed by atoms with Crippen LogP contribution in [-0.2, 0) is 11.2 Å². The molecule has 1 unspecified atom stereocenters. The lowest BCUT2D eigenvalue weighted by atomic mass is 10.1. The number of aryl methyl sites for hydroxylation is 1. The molecule has 3 nitrogen and oxygen atoms in total. The number of benzene rings is 1. The summed E-state index contributed by atoms with van der Waals surface area (Å²) in [6.07, 6.45) is 3.69. The SMILES string of the molecule is CCCC(N)C(=O)N(C)CCCc1ccccc1.Cl. The van der Waals surface area contributed by atoms with Crippen LogP contribution >= 0.6 is 12.4 Å². The molecule has 108 valence electrons. The van der Waals surface area contributed by atoms with Gasteiger partial charge < -0.3 is 10.6 Å². The molecule has 0 aliphatic carbocycles. The van der Waals surface area contributed by atoms with Gasteiger partial charge in [-0.1, -0.05) is 43.7 Å². The molecule has 1 aromatic rings. The van der Waals surface area contributed by atoms with Gasteiger partial charge in [0.15, 0.2) is 0 Å². The number of rotatable bonds is 7. The Hall–Kier alpha value is -1.06. The summed E-state index contributed by atoms with van der Waals surface area (Å²) in [6, 6.07) is 10.00.